The van der Waals surface area contributed by atoms with Gasteiger partial charge in [-0.3, -0.25) is 5.10 Å². The highest BCUT2D eigenvalue weighted by Crippen LogP contribution is 2.16. The fourth-order valence-electron chi connectivity index (χ4n) is 1.48. The van der Waals surface area contributed by atoms with E-state index in [4.69, 9.17) is 11.7 Å². The molecule has 0 fully saturated rings. The molecule has 6 heteroatoms. The number of aromatic nitrogens is 2. The molecule has 0 aliphatic carbocycles. The summed E-state index contributed by atoms with van der Waals surface area (Å²) >= 11 is 0. The Morgan fingerprint density at radius 1 is 1.53 bits per heavy atom. The second-order valence-electron chi connectivity index (χ2n) is 3.20. The highest BCUT2D eigenvalue weighted by Gasteiger charge is 2.05. The lowest BCUT2D eigenvalue weighted by molar-refractivity contribution is 1.00. The van der Waals surface area contributed by atoms with Crippen molar-refractivity contribution in [2.75, 3.05) is 0 Å². The summed E-state index contributed by atoms with van der Waals surface area (Å²) in [6.07, 6.45) is 0. The maximum atomic E-state index is 5.29. The van der Waals surface area contributed by atoms with E-state index in [0.717, 1.165) is 22.2 Å². The Hall–Kier alpha value is -2.08. The third-order valence-electron chi connectivity index (χ3n) is 2.28. The van der Waals surface area contributed by atoms with Crippen LogP contribution in [-0.4, -0.2) is 16.0 Å². The van der Waals surface area contributed by atoms with Crippen molar-refractivity contribution in [3.8, 4) is 0 Å². The Morgan fingerprint density at radius 2 is 2.33 bits per heavy atom. The van der Waals surface area contributed by atoms with E-state index in [9.17, 15) is 0 Å². The zero-order chi connectivity index (χ0) is 10.8. The molecule has 0 bridgehead atoms. The molecule has 2 aromatic rings. The van der Waals surface area contributed by atoms with Gasteiger partial charge in [0.15, 0.2) is 5.84 Å². The van der Waals surface area contributed by atoms with Crippen molar-refractivity contribution >= 4 is 16.7 Å². The lowest BCUT2D eigenvalue weighted by Crippen LogP contribution is -2.31. The summed E-state index contributed by atoms with van der Waals surface area (Å²) in [6.45, 7) is 1.95. The highest BCUT2D eigenvalue weighted by atomic mass is 15.3. The second-order valence-corrected chi connectivity index (χ2v) is 3.20. The quantitative estimate of drug-likeness (QED) is 0.226. The first-order valence-corrected chi connectivity index (χ1v) is 4.46. The first-order valence-electron chi connectivity index (χ1n) is 4.46. The number of hydrazone groups is 1. The molecule has 0 aliphatic heterocycles. The number of nitrogens with two attached hydrogens (primary N) is 2. The molecule has 0 saturated heterocycles. The second kappa shape index (κ2) is 3.58. The van der Waals surface area contributed by atoms with E-state index in [1.54, 1.807) is 0 Å². The zero-order valence-electron chi connectivity index (χ0n) is 8.28. The zero-order valence-corrected chi connectivity index (χ0v) is 8.28. The molecule has 6 nitrogen and oxygen atoms in total. The fraction of sp³-hybridized carbons (Fsp3) is 0.111. The van der Waals surface area contributed by atoms with Gasteiger partial charge in [0.25, 0.3) is 0 Å². The van der Waals surface area contributed by atoms with Crippen LogP contribution in [0.5, 0.6) is 0 Å². The minimum absolute atomic E-state index is 0.442. The van der Waals surface area contributed by atoms with Gasteiger partial charge in [-0.25, -0.2) is 5.84 Å². The van der Waals surface area contributed by atoms with Crippen LogP contribution >= 0.6 is 0 Å². The minimum Gasteiger partial charge on any atom is -0.321 e. The Balaban J connectivity index is 2.59. The van der Waals surface area contributed by atoms with E-state index in [2.05, 4.69) is 20.7 Å². The number of nitrogens with one attached hydrogen (secondary N) is 2. The van der Waals surface area contributed by atoms with Gasteiger partial charge in [0.2, 0.25) is 0 Å². The van der Waals surface area contributed by atoms with E-state index >= 15 is 0 Å². The molecular formula is C9H12N6. The van der Waals surface area contributed by atoms with Gasteiger partial charge < -0.3 is 11.3 Å². The number of nitrogens with zero attached hydrogens (tertiary/aromatic N) is 2. The number of H-pyrrole nitrogens is 1. The van der Waals surface area contributed by atoms with Crippen molar-refractivity contribution in [1.29, 1.82) is 0 Å². The third kappa shape index (κ3) is 1.50. The van der Waals surface area contributed by atoms with Crippen molar-refractivity contribution in [3.05, 3.63) is 29.5 Å². The lowest BCUT2D eigenvalue weighted by Gasteiger charge is -2.03. The summed E-state index contributed by atoms with van der Waals surface area (Å²) in [6, 6.07) is 5.67. The molecule has 1 aromatic heterocycles. The normalized spacial score (nSPS) is 12.0. The Bertz CT molecular complexity index is 512. The largest absolute Gasteiger partial charge is 0.321 e. The summed E-state index contributed by atoms with van der Waals surface area (Å²) < 4.78 is 0. The molecule has 0 atom stereocenters. The van der Waals surface area contributed by atoms with Crippen LogP contribution in [0.3, 0.4) is 0 Å². The Morgan fingerprint density at radius 3 is 3.00 bits per heavy atom. The number of hydrazine groups is 1. The average Bonchev–Trinajstić information content (AvgIpc) is 2.62. The minimum atomic E-state index is 0.442. The number of hydrogen-bond acceptors (Lipinski definition) is 4. The van der Waals surface area contributed by atoms with Crippen LogP contribution in [0.25, 0.3) is 10.9 Å². The van der Waals surface area contributed by atoms with E-state index in [1.807, 2.05) is 25.1 Å². The Kier molecular flexibility index (Phi) is 2.26. The molecule has 0 saturated carbocycles. The molecule has 0 spiro atoms. The number of benzene rings is 1. The third-order valence-corrected chi connectivity index (χ3v) is 2.28. The molecule has 0 radical (unpaired) electrons. The van der Waals surface area contributed by atoms with Gasteiger partial charge >= 0.3 is 0 Å². The maximum Gasteiger partial charge on any atom is 0.166 e. The molecule has 0 aliphatic rings. The van der Waals surface area contributed by atoms with E-state index in [1.165, 1.54) is 0 Å². The van der Waals surface area contributed by atoms with Crippen LogP contribution < -0.4 is 17.1 Å². The molecule has 78 valence electrons. The van der Waals surface area contributed by atoms with Crippen molar-refractivity contribution in [3.63, 3.8) is 0 Å². The van der Waals surface area contributed by atoms with Crippen molar-refractivity contribution < 1.29 is 0 Å². The van der Waals surface area contributed by atoms with Gasteiger partial charge in [-0.05, 0) is 25.1 Å². The molecule has 6 N–H and O–H groups in total. The van der Waals surface area contributed by atoms with E-state index in [0.29, 0.717) is 5.84 Å². The first kappa shape index (κ1) is 9.47. The van der Waals surface area contributed by atoms with Gasteiger partial charge in [-0.2, -0.15) is 10.2 Å². The lowest BCUT2D eigenvalue weighted by atomic mass is 10.1. The number of fused-ring (bicyclic) bond motifs is 1. The smallest absolute Gasteiger partial charge is 0.166 e. The molecule has 1 aromatic carbocycles. The maximum absolute atomic E-state index is 5.29. The van der Waals surface area contributed by atoms with Crippen molar-refractivity contribution in [2.24, 2.45) is 16.8 Å². The Labute approximate surface area is 86.3 Å². The first-order chi connectivity index (χ1) is 7.26. The molecule has 15 heavy (non-hydrogen) atoms. The summed E-state index contributed by atoms with van der Waals surface area (Å²) in [5, 5.41) is 11.6. The molecule has 2 rings (SSSR count). The SMILES string of the molecule is Cc1[nH]nc2ccc(/C(=N/N)NN)cc12. The summed E-state index contributed by atoms with van der Waals surface area (Å²) in [4.78, 5) is 0. The topological polar surface area (TPSA) is 105 Å². The van der Waals surface area contributed by atoms with Crippen LogP contribution in [-0.2, 0) is 0 Å². The number of aryl methyl sites for hydroxylation is 1. The number of rotatable bonds is 1. The van der Waals surface area contributed by atoms with Gasteiger partial charge in [-0.15, -0.1) is 0 Å². The summed E-state index contributed by atoms with van der Waals surface area (Å²) in [5.41, 5.74) is 5.18. The van der Waals surface area contributed by atoms with Gasteiger partial charge in [0.05, 0.1) is 5.52 Å². The highest BCUT2D eigenvalue weighted by molar-refractivity contribution is 6.01. The van der Waals surface area contributed by atoms with Crippen LogP contribution in [0.1, 0.15) is 11.3 Å². The predicted molar refractivity (Wildman–Crippen MR) is 58.9 cm³/mol. The standard InChI is InChI=1S/C9H12N6/c1-5-7-4-6(9(12-10)13-11)2-3-8(7)15-14-5/h2-4H,10-11H2,1H3,(H,12,13)(H,14,15). The van der Waals surface area contributed by atoms with Crippen molar-refractivity contribution in [2.45, 2.75) is 6.92 Å². The molecule has 0 amide bonds. The van der Waals surface area contributed by atoms with Crippen LogP contribution in [0.15, 0.2) is 23.3 Å². The predicted octanol–water partition coefficient (Wildman–Crippen LogP) is -0.0451. The van der Waals surface area contributed by atoms with Crippen LogP contribution in [0.2, 0.25) is 0 Å². The number of aromatic amines is 1. The van der Waals surface area contributed by atoms with Crippen molar-refractivity contribution in [1.82, 2.24) is 15.6 Å². The summed E-state index contributed by atoms with van der Waals surface area (Å²) in [5.74, 6) is 10.9. The number of hydrogen-bond donors (Lipinski definition) is 4. The summed E-state index contributed by atoms with van der Waals surface area (Å²) in [7, 11) is 0. The van der Waals surface area contributed by atoms with Gasteiger partial charge in [0, 0.05) is 16.6 Å². The van der Waals surface area contributed by atoms with Crippen LogP contribution in [0, 0.1) is 6.92 Å². The van der Waals surface area contributed by atoms with Crippen LogP contribution in [0.4, 0.5) is 0 Å². The average molecular weight is 204 g/mol. The van der Waals surface area contributed by atoms with Gasteiger partial charge in [-0.1, -0.05) is 0 Å². The molecular weight excluding hydrogens is 192 g/mol. The monoisotopic (exact) mass is 204 g/mol. The fourth-order valence-corrected chi connectivity index (χ4v) is 1.48. The van der Waals surface area contributed by atoms with E-state index in [-0.39, 0.29) is 0 Å². The van der Waals surface area contributed by atoms with Gasteiger partial charge in [0.1, 0.15) is 0 Å². The number of amidine groups is 1. The molecule has 0 unspecified atom stereocenters. The van der Waals surface area contributed by atoms with E-state index < -0.39 is 0 Å². The molecule has 1 heterocycles.